The highest BCUT2D eigenvalue weighted by Gasteiger charge is 2.24. The van der Waals surface area contributed by atoms with E-state index in [0.717, 1.165) is 24.9 Å². The molecule has 2 heterocycles. The minimum atomic E-state index is -0.0107. The molecule has 0 unspecified atom stereocenters. The number of rotatable bonds is 5. The number of amides is 1. The van der Waals surface area contributed by atoms with Crippen molar-refractivity contribution in [3.8, 4) is 23.1 Å². The zero-order valence-corrected chi connectivity index (χ0v) is 15.3. The van der Waals surface area contributed by atoms with Gasteiger partial charge in [0.05, 0.1) is 26.4 Å². The molecule has 0 saturated carbocycles. The van der Waals surface area contributed by atoms with E-state index in [-0.39, 0.29) is 12.0 Å². The quantitative estimate of drug-likeness (QED) is 0.818. The Balaban J connectivity index is 1.87. The first kappa shape index (κ1) is 18.1. The Kier molecular flexibility index (Phi) is 5.68. The van der Waals surface area contributed by atoms with Crippen LogP contribution in [0, 0.1) is 0 Å². The van der Waals surface area contributed by atoms with Gasteiger partial charge in [-0.3, -0.25) is 4.79 Å². The molecule has 138 valence electrons. The van der Waals surface area contributed by atoms with E-state index in [2.05, 4.69) is 9.97 Å². The van der Waals surface area contributed by atoms with E-state index in [1.807, 2.05) is 17.0 Å². The van der Waals surface area contributed by atoms with Crippen LogP contribution in [0.25, 0.3) is 11.4 Å². The number of methoxy groups -OCH3 is 3. The maximum Gasteiger partial charge on any atom is 0.253 e. The molecule has 1 aliphatic heterocycles. The summed E-state index contributed by atoms with van der Waals surface area (Å²) in [5, 5.41) is 0. The molecule has 1 aromatic heterocycles. The molecule has 0 spiro atoms. The fraction of sp³-hybridized carbons (Fsp3) is 0.421. The highest BCUT2D eigenvalue weighted by atomic mass is 16.5. The van der Waals surface area contributed by atoms with Gasteiger partial charge in [-0.25, -0.2) is 0 Å². The Morgan fingerprint density at radius 3 is 2.50 bits per heavy atom. The highest BCUT2D eigenvalue weighted by molar-refractivity contribution is 5.95. The maximum atomic E-state index is 12.9. The standard InChI is InChI=1S/C19H23N3O4/c1-24-15-8-5-9-22(12-15)19(23)14-7-4-6-13(10-14)18-20-16(25-2)11-17(21-18)26-3/h4,6-7,10-11,15H,5,8-9,12H2,1-3H3/t15-/m0/s1. The highest BCUT2D eigenvalue weighted by Crippen LogP contribution is 2.24. The molecule has 0 radical (unpaired) electrons. The van der Waals surface area contributed by atoms with Crippen LogP contribution in [0.2, 0.25) is 0 Å². The molecule has 1 fully saturated rings. The predicted molar refractivity (Wildman–Crippen MR) is 96.5 cm³/mol. The zero-order chi connectivity index (χ0) is 18.5. The Bertz CT molecular complexity index is 759. The normalized spacial score (nSPS) is 17.0. The molecule has 1 aliphatic rings. The van der Waals surface area contributed by atoms with Gasteiger partial charge in [0.1, 0.15) is 0 Å². The lowest BCUT2D eigenvalue weighted by atomic mass is 10.0. The number of aromatic nitrogens is 2. The summed E-state index contributed by atoms with van der Waals surface area (Å²) in [7, 11) is 4.76. The lowest BCUT2D eigenvalue weighted by Gasteiger charge is -2.32. The molecule has 0 bridgehead atoms. The van der Waals surface area contributed by atoms with Gasteiger partial charge in [0.25, 0.3) is 5.91 Å². The topological polar surface area (TPSA) is 73.8 Å². The lowest BCUT2D eigenvalue weighted by Crippen LogP contribution is -2.42. The van der Waals surface area contributed by atoms with Crippen LogP contribution in [0.5, 0.6) is 11.8 Å². The molecule has 0 aliphatic carbocycles. The molecule has 1 atom stereocenters. The van der Waals surface area contributed by atoms with Gasteiger partial charge in [0, 0.05) is 31.3 Å². The summed E-state index contributed by atoms with van der Waals surface area (Å²) in [5.74, 6) is 1.25. The molecular weight excluding hydrogens is 334 g/mol. The number of piperidine rings is 1. The van der Waals surface area contributed by atoms with Crippen molar-refractivity contribution in [3.63, 3.8) is 0 Å². The van der Waals surface area contributed by atoms with E-state index in [4.69, 9.17) is 14.2 Å². The van der Waals surface area contributed by atoms with Gasteiger partial charge in [-0.2, -0.15) is 9.97 Å². The average molecular weight is 357 g/mol. The molecule has 0 N–H and O–H groups in total. The number of hydrogen-bond acceptors (Lipinski definition) is 6. The number of benzene rings is 1. The second kappa shape index (κ2) is 8.14. The summed E-state index contributed by atoms with van der Waals surface area (Å²) in [6.07, 6.45) is 2.03. The van der Waals surface area contributed by atoms with Crippen LogP contribution in [-0.4, -0.2) is 61.3 Å². The third-order valence-corrected chi connectivity index (χ3v) is 4.46. The minimum Gasteiger partial charge on any atom is -0.481 e. The average Bonchev–Trinajstić information content (AvgIpc) is 2.72. The molecule has 1 aromatic carbocycles. The number of likely N-dealkylation sites (tertiary alicyclic amines) is 1. The maximum absolute atomic E-state index is 12.9. The van der Waals surface area contributed by atoms with Crippen LogP contribution in [0.3, 0.4) is 0 Å². The second-order valence-corrected chi connectivity index (χ2v) is 6.11. The van der Waals surface area contributed by atoms with Crippen molar-refractivity contribution < 1.29 is 19.0 Å². The molecular formula is C19H23N3O4. The predicted octanol–water partition coefficient (Wildman–Crippen LogP) is 2.41. The van der Waals surface area contributed by atoms with E-state index in [0.29, 0.717) is 29.7 Å². The van der Waals surface area contributed by atoms with E-state index in [9.17, 15) is 4.79 Å². The smallest absolute Gasteiger partial charge is 0.253 e. The van der Waals surface area contributed by atoms with Crippen LogP contribution in [0.4, 0.5) is 0 Å². The SMILES string of the molecule is COc1cc(OC)nc(-c2cccc(C(=O)N3CCC[C@H](OC)C3)c2)n1. The number of carbonyl (C=O) groups is 1. The Hall–Kier alpha value is -2.67. The molecule has 3 rings (SSSR count). The van der Waals surface area contributed by atoms with Crippen molar-refractivity contribution in [1.29, 1.82) is 0 Å². The molecule has 1 saturated heterocycles. The molecule has 1 amide bonds. The van der Waals surface area contributed by atoms with Gasteiger partial charge in [0.2, 0.25) is 11.8 Å². The third-order valence-electron chi connectivity index (χ3n) is 4.46. The van der Waals surface area contributed by atoms with Gasteiger partial charge in [-0.1, -0.05) is 12.1 Å². The fourth-order valence-corrected chi connectivity index (χ4v) is 3.03. The van der Waals surface area contributed by atoms with E-state index >= 15 is 0 Å². The fourth-order valence-electron chi connectivity index (χ4n) is 3.03. The Morgan fingerprint density at radius 1 is 1.12 bits per heavy atom. The van der Waals surface area contributed by atoms with Gasteiger partial charge < -0.3 is 19.1 Å². The minimum absolute atomic E-state index is 0.0107. The summed E-state index contributed by atoms with van der Waals surface area (Å²) in [4.78, 5) is 23.4. The van der Waals surface area contributed by atoms with Crippen molar-refractivity contribution >= 4 is 5.91 Å². The molecule has 2 aromatic rings. The number of ether oxygens (including phenoxy) is 3. The van der Waals surface area contributed by atoms with Crippen LogP contribution >= 0.6 is 0 Å². The molecule has 26 heavy (non-hydrogen) atoms. The van der Waals surface area contributed by atoms with Gasteiger partial charge in [0.15, 0.2) is 5.82 Å². The van der Waals surface area contributed by atoms with Crippen molar-refractivity contribution in [1.82, 2.24) is 14.9 Å². The van der Waals surface area contributed by atoms with Crippen molar-refractivity contribution in [2.24, 2.45) is 0 Å². The van der Waals surface area contributed by atoms with Gasteiger partial charge in [-0.05, 0) is 25.0 Å². The van der Waals surface area contributed by atoms with E-state index in [1.165, 1.54) is 14.2 Å². The second-order valence-electron chi connectivity index (χ2n) is 6.11. The van der Waals surface area contributed by atoms with Crippen LogP contribution in [-0.2, 0) is 4.74 Å². The van der Waals surface area contributed by atoms with E-state index < -0.39 is 0 Å². The summed E-state index contributed by atoms with van der Waals surface area (Å²) in [6.45, 7) is 1.36. The number of hydrogen-bond donors (Lipinski definition) is 0. The number of nitrogens with zero attached hydrogens (tertiary/aromatic N) is 3. The summed E-state index contributed by atoms with van der Waals surface area (Å²) in [5.41, 5.74) is 1.33. The first-order chi connectivity index (χ1) is 12.6. The molecule has 7 nitrogen and oxygen atoms in total. The third kappa shape index (κ3) is 3.94. The monoisotopic (exact) mass is 357 g/mol. The van der Waals surface area contributed by atoms with Crippen molar-refractivity contribution in [3.05, 3.63) is 35.9 Å². The van der Waals surface area contributed by atoms with Gasteiger partial charge in [-0.15, -0.1) is 0 Å². The lowest BCUT2D eigenvalue weighted by molar-refractivity contribution is 0.0269. The zero-order valence-electron chi connectivity index (χ0n) is 15.3. The first-order valence-corrected chi connectivity index (χ1v) is 8.54. The molecule has 7 heteroatoms. The summed E-state index contributed by atoms with van der Waals surface area (Å²) >= 11 is 0. The largest absolute Gasteiger partial charge is 0.481 e. The van der Waals surface area contributed by atoms with Crippen molar-refractivity contribution in [2.45, 2.75) is 18.9 Å². The van der Waals surface area contributed by atoms with Crippen LogP contribution in [0.1, 0.15) is 23.2 Å². The van der Waals surface area contributed by atoms with Crippen LogP contribution in [0.15, 0.2) is 30.3 Å². The van der Waals surface area contributed by atoms with Gasteiger partial charge >= 0.3 is 0 Å². The summed E-state index contributed by atoms with van der Waals surface area (Å²) in [6, 6.07) is 8.90. The number of carbonyl (C=O) groups excluding carboxylic acids is 1. The Morgan fingerprint density at radius 2 is 1.85 bits per heavy atom. The van der Waals surface area contributed by atoms with E-state index in [1.54, 1.807) is 25.3 Å². The van der Waals surface area contributed by atoms with Crippen LogP contribution < -0.4 is 9.47 Å². The van der Waals surface area contributed by atoms with Crippen molar-refractivity contribution in [2.75, 3.05) is 34.4 Å². The first-order valence-electron chi connectivity index (χ1n) is 8.54. The Labute approximate surface area is 152 Å². The summed E-state index contributed by atoms with van der Waals surface area (Å²) < 4.78 is 15.8.